The second-order valence-electron chi connectivity index (χ2n) is 5.61. The highest BCUT2D eigenvalue weighted by molar-refractivity contribution is 7.09. The van der Waals surface area contributed by atoms with Crippen molar-refractivity contribution in [2.75, 3.05) is 13.1 Å². The van der Waals surface area contributed by atoms with Gasteiger partial charge in [-0.05, 0) is 19.8 Å². The van der Waals surface area contributed by atoms with E-state index in [4.69, 9.17) is 0 Å². The molecule has 0 bridgehead atoms. The Morgan fingerprint density at radius 3 is 3.00 bits per heavy atom. The van der Waals surface area contributed by atoms with E-state index in [1.165, 1.54) is 24.1 Å². The molecule has 0 amide bonds. The highest BCUT2D eigenvalue weighted by atomic mass is 32.1. The Morgan fingerprint density at radius 1 is 1.56 bits per heavy atom. The minimum atomic E-state index is 0.273. The molecule has 0 spiro atoms. The van der Waals surface area contributed by atoms with Crippen LogP contribution in [-0.2, 0) is 6.54 Å². The van der Waals surface area contributed by atoms with Crippen molar-refractivity contribution in [3.63, 3.8) is 0 Å². The van der Waals surface area contributed by atoms with Crippen molar-refractivity contribution in [2.45, 2.75) is 58.2 Å². The Balaban J connectivity index is 2.04. The fourth-order valence-corrected chi connectivity index (χ4v) is 3.31. The van der Waals surface area contributed by atoms with Crippen LogP contribution in [0.25, 0.3) is 0 Å². The van der Waals surface area contributed by atoms with Gasteiger partial charge in [0.2, 0.25) is 0 Å². The number of aromatic nitrogens is 1. The predicted octanol–water partition coefficient (Wildman–Crippen LogP) is 2.89. The molecular weight excluding hydrogens is 242 g/mol. The van der Waals surface area contributed by atoms with Gasteiger partial charge in [0, 0.05) is 42.3 Å². The van der Waals surface area contributed by atoms with Gasteiger partial charge in [-0.2, -0.15) is 0 Å². The molecule has 18 heavy (non-hydrogen) atoms. The largest absolute Gasteiger partial charge is 0.309 e. The van der Waals surface area contributed by atoms with Gasteiger partial charge in [0.15, 0.2) is 0 Å². The molecule has 2 unspecified atom stereocenters. The van der Waals surface area contributed by atoms with Crippen molar-refractivity contribution in [1.29, 1.82) is 0 Å². The summed E-state index contributed by atoms with van der Waals surface area (Å²) in [6.07, 6.45) is 5.74. The topological polar surface area (TPSA) is 28.2 Å². The van der Waals surface area contributed by atoms with Gasteiger partial charge in [-0.1, -0.05) is 20.3 Å². The summed E-state index contributed by atoms with van der Waals surface area (Å²) in [4.78, 5) is 8.23. The standard InChI is InChI=1S/C14H25N3S/c1-4-6-12-7-16-14(3,5-2)10-17(12)9-13-8-15-11-18-13/h8,11-12,16H,4-7,9-10H2,1-3H3. The number of thiazole rings is 1. The van der Waals surface area contributed by atoms with Gasteiger partial charge >= 0.3 is 0 Å². The van der Waals surface area contributed by atoms with Crippen molar-refractivity contribution in [3.8, 4) is 0 Å². The van der Waals surface area contributed by atoms with E-state index in [1.54, 1.807) is 11.3 Å². The molecular formula is C14H25N3S. The molecule has 1 aromatic heterocycles. The molecule has 0 aromatic carbocycles. The van der Waals surface area contributed by atoms with E-state index < -0.39 is 0 Å². The van der Waals surface area contributed by atoms with Gasteiger partial charge in [0.1, 0.15) is 0 Å². The Morgan fingerprint density at radius 2 is 2.39 bits per heavy atom. The lowest BCUT2D eigenvalue weighted by Crippen LogP contribution is -2.62. The van der Waals surface area contributed by atoms with Crippen LogP contribution in [0.15, 0.2) is 11.7 Å². The normalized spacial score (nSPS) is 29.6. The lowest BCUT2D eigenvalue weighted by molar-refractivity contribution is 0.0734. The second kappa shape index (κ2) is 6.13. The van der Waals surface area contributed by atoms with E-state index in [0.717, 1.165) is 19.6 Å². The van der Waals surface area contributed by atoms with Gasteiger partial charge in [-0.15, -0.1) is 11.3 Å². The number of rotatable bonds is 5. The minimum absolute atomic E-state index is 0.273. The third-order valence-electron chi connectivity index (χ3n) is 4.08. The number of piperazine rings is 1. The Labute approximate surface area is 115 Å². The smallest absolute Gasteiger partial charge is 0.0794 e. The van der Waals surface area contributed by atoms with Crippen LogP contribution in [0.4, 0.5) is 0 Å². The average Bonchev–Trinajstić information content (AvgIpc) is 2.86. The highest BCUT2D eigenvalue weighted by Crippen LogP contribution is 2.23. The zero-order chi connectivity index (χ0) is 13.0. The third kappa shape index (κ3) is 3.31. The zero-order valence-corrected chi connectivity index (χ0v) is 12.6. The van der Waals surface area contributed by atoms with Crippen LogP contribution in [-0.4, -0.2) is 34.6 Å². The van der Waals surface area contributed by atoms with Crippen molar-refractivity contribution in [1.82, 2.24) is 15.2 Å². The number of nitrogens with one attached hydrogen (secondary N) is 1. The summed E-state index contributed by atoms with van der Waals surface area (Å²) in [5.74, 6) is 0. The van der Waals surface area contributed by atoms with Gasteiger partial charge in [0.25, 0.3) is 0 Å². The molecule has 0 aliphatic carbocycles. The lowest BCUT2D eigenvalue weighted by atomic mass is 9.92. The van der Waals surface area contributed by atoms with E-state index in [9.17, 15) is 0 Å². The summed E-state index contributed by atoms with van der Waals surface area (Å²) >= 11 is 1.77. The van der Waals surface area contributed by atoms with E-state index in [0.29, 0.717) is 6.04 Å². The van der Waals surface area contributed by atoms with Crippen LogP contribution in [0, 0.1) is 0 Å². The van der Waals surface area contributed by atoms with Crippen LogP contribution in [0.5, 0.6) is 0 Å². The molecule has 1 aliphatic heterocycles. The lowest BCUT2D eigenvalue weighted by Gasteiger charge is -2.46. The number of hydrogen-bond donors (Lipinski definition) is 1. The predicted molar refractivity (Wildman–Crippen MR) is 77.9 cm³/mol. The van der Waals surface area contributed by atoms with Gasteiger partial charge < -0.3 is 5.32 Å². The average molecular weight is 267 g/mol. The van der Waals surface area contributed by atoms with E-state index >= 15 is 0 Å². The van der Waals surface area contributed by atoms with Crippen molar-refractivity contribution in [3.05, 3.63) is 16.6 Å². The SMILES string of the molecule is CCCC1CNC(C)(CC)CN1Cc1cncs1. The molecule has 1 saturated heterocycles. The molecule has 1 N–H and O–H groups in total. The molecule has 0 radical (unpaired) electrons. The summed E-state index contributed by atoms with van der Waals surface area (Å²) in [5, 5.41) is 3.74. The molecule has 1 aromatic rings. The summed E-state index contributed by atoms with van der Waals surface area (Å²) in [7, 11) is 0. The first-order chi connectivity index (χ1) is 8.67. The van der Waals surface area contributed by atoms with Crippen molar-refractivity contribution < 1.29 is 0 Å². The highest BCUT2D eigenvalue weighted by Gasteiger charge is 2.34. The maximum absolute atomic E-state index is 4.19. The summed E-state index contributed by atoms with van der Waals surface area (Å²) in [6, 6.07) is 0.678. The molecule has 0 saturated carbocycles. The first-order valence-electron chi connectivity index (χ1n) is 7.03. The Bertz CT molecular complexity index is 352. The van der Waals surface area contributed by atoms with Crippen LogP contribution in [0.2, 0.25) is 0 Å². The van der Waals surface area contributed by atoms with Gasteiger partial charge in [0.05, 0.1) is 5.51 Å². The zero-order valence-electron chi connectivity index (χ0n) is 11.8. The van der Waals surface area contributed by atoms with Gasteiger partial charge in [-0.25, -0.2) is 0 Å². The molecule has 1 fully saturated rings. The van der Waals surface area contributed by atoms with E-state index in [2.05, 4.69) is 36.0 Å². The molecule has 2 atom stereocenters. The maximum Gasteiger partial charge on any atom is 0.0794 e. The Kier molecular flexibility index (Phi) is 4.76. The van der Waals surface area contributed by atoms with Crippen LogP contribution < -0.4 is 5.32 Å². The molecule has 102 valence electrons. The fraction of sp³-hybridized carbons (Fsp3) is 0.786. The first-order valence-corrected chi connectivity index (χ1v) is 7.91. The number of nitrogens with zero attached hydrogens (tertiary/aromatic N) is 2. The quantitative estimate of drug-likeness (QED) is 0.889. The Hall–Kier alpha value is -0.450. The van der Waals surface area contributed by atoms with E-state index in [-0.39, 0.29) is 5.54 Å². The van der Waals surface area contributed by atoms with Crippen molar-refractivity contribution in [2.24, 2.45) is 0 Å². The second-order valence-corrected chi connectivity index (χ2v) is 6.58. The molecule has 2 heterocycles. The van der Waals surface area contributed by atoms with Crippen LogP contribution in [0.1, 0.15) is 44.9 Å². The van der Waals surface area contributed by atoms with Crippen LogP contribution >= 0.6 is 11.3 Å². The van der Waals surface area contributed by atoms with Gasteiger partial charge in [-0.3, -0.25) is 9.88 Å². The monoisotopic (exact) mass is 267 g/mol. The number of hydrogen-bond acceptors (Lipinski definition) is 4. The third-order valence-corrected chi connectivity index (χ3v) is 4.84. The van der Waals surface area contributed by atoms with Crippen LogP contribution in [0.3, 0.4) is 0 Å². The summed E-state index contributed by atoms with van der Waals surface area (Å²) in [5.41, 5.74) is 2.21. The fourth-order valence-electron chi connectivity index (χ4n) is 2.69. The molecule has 1 aliphatic rings. The summed E-state index contributed by atoms with van der Waals surface area (Å²) in [6.45, 7) is 10.2. The van der Waals surface area contributed by atoms with Crippen molar-refractivity contribution >= 4 is 11.3 Å². The summed E-state index contributed by atoms with van der Waals surface area (Å²) < 4.78 is 0. The molecule has 3 nitrogen and oxygen atoms in total. The molecule has 4 heteroatoms. The molecule has 2 rings (SSSR count). The maximum atomic E-state index is 4.19. The minimum Gasteiger partial charge on any atom is -0.309 e. The first kappa shape index (κ1) is 14.0. The van der Waals surface area contributed by atoms with E-state index in [1.807, 2.05) is 11.7 Å².